The molecular weight excluding hydrogens is 152 g/mol. The fourth-order valence-electron chi connectivity index (χ4n) is 3.21. The van der Waals surface area contributed by atoms with Crippen molar-refractivity contribution in [3.05, 3.63) is 0 Å². The first-order chi connectivity index (χ1) is 5.50. The van der Waals surface area contributed by atoms with E-state index in [-0.39, 0.29) is 12.0 Å². The molecule has 3 aliphatic rings. The molecule has 3 atom stereocenters. The van der Waals surface area contributed by atoms with Crippen molar-refractivity contribution in [3.63, 3.8) is 0 Å². The van der Waals surface area contributed by atoms with Crippen LogP contribution in [0.25, 0.3) is 0 Å². The maximum Gasteiger partial charge on any atom is 0.0910 e. The van der Waals surface area contributed by atoms with E-state index >= 15 is 0 Å². The van der Waals surface area contributed by atoms with Gasteiger partial charge in [0.2, 0.25) is 0 Å². The van der Waals surface area contributed by atoms with Crippen LogP contribution < -0.4 is 0 Å². The van der Waals surface area contributed by atoms with Crippen LogP contribution in [-0.2, 0) is 0 Å². The average molecular weight is 170 g/mol. The Labute approximate surface area is 73.6 Å². The molecule has 3 aliphatic carbocycles. The highest BCUT2D eigenvalue weighted by molar-refractivity contribution is 5.10. The molecule has 3 fully saturated rings. The second kappa shape index (κ2) is 2.24. The van der Waals surface area contributed by atoms with Gasteiger partial charge in [-0.05, 0) is 36.5 Å². The van der Waals surface area contributed by atoms with Crippen LogP contribution in [0.5, 0.6) is 0 Å². The number of hydrogen-bond acceptors (Lipinski definition) is 2. The van der Waals surface area contributed by atoms with Crippen molar-refractivity contribution in [1.29, 1.82) is 0 Å². The zero-order valence-electron chi connectivity index (χ0n) is 7.88. The van der Waals surface area contributed by atoms with E-state index in [0.717, 1.165) is 25.2 Å². The molecule has 3 saturated carbocycles. The molecular formula is C10H18O2. The summed E-state index contributed by atoms with van der Waals surface area (Å²) in [5, 5.41) is 19.2. The van der Waals surface area contributed by atoms with E-state index < -0.39 is 5.60 Å². The lowest BCUT2D eigenvalue weighted by Gasteiger charge is -2.63. The van der Waals surface area contributed by atoms with Gasteiger partial charge in [0.1, 0.15) is 0 Å². The summed E-state index contributed by atoms with van der Waals surface area (Å²) in [6.07, 6.45) is 2.99. The van der Waals surface area contributed by atoms with Gasteiger partial charge in [-0.1, -0.05) is 13.8 Å². The molecule has 12 heavy (non-hydrogen) atoms. The minimum Gasteiger partial charge on any atom is -0.393 e. The quantitative estimate of drug-likeness (QED) is 0.620. The second-order valence-electron chi connectivity index (χ2n) is 5.11. The first kappa shape index (κ1) is 8.52. The van der Waals surface area contributed by atoms with Gasteiger partial charge in [-0.3, -0.25) is 0 Å². The Morgan fingerprint density at radius 2 is 2.08 bits per heavy atom. The fraction of sp³-hybridized carbons (Fsp3) is 1.00. The van der Waals surface area contributed by atoms with Gasteiger partial charge >= 0.3 is 0 Å². The first-order valence-corrected chi connectivity index (χ1v) is 4.84. The maximum absolute atomic E-state index is 10.1. The van der Waals surface area contributed by atoms with Crippen molar-refractivity contribution >= 4 is 0 Å². The zero-order chi connectivity index (χ0) is 8.98. The van der Waals surface area contributed by atoms with Crippen LogP contribution in [0.1, 0.15) is 33.1 Å². The second-order valence-corrected chi connectivity index (χ2v) is 5.11. The van der Waals surface area contributed by atoms with E-state index in [9.17, 15) is 5.11 Å². The molecule has 0 spiro atoms. The van der Waals surface area contributed by atoms with Crippen molar-refractivity contribution in [1.82, 2.24) is 0 Å². The summed E-state index contributed by atoms with van der Waals surface area (Å²) < 4.78 is 0. The molecule has 2 heteroatoms. The molecule has 2 nitrogen and oxygen atoms in total. The number of fused-ring (bicyclic) bond motifs is 2. The summed E-state index contributed by atoms with van der Waals surface area (Å²) >= 11 is 0. The Morgan fingerprint density at radius 1 is 1.42 bits per heavy atom. The molecule has 0 amide bonds. The van der Waals surface area contributed by atoms with Crippen molar-refractivity contribution < 1.29 is 10.2 Å². The highest BCUT2D eigenvalue weighted by atomic mass is 16.3. The third-order valence-corrected chi connectivity index (χ3v) is 4.32. The highest BCUT2D eigenvalue weighted by Gasteiger charge is 2.60. The predicted molar refractivity (Wildman–Crippen MR) is 46.6 cm³/mol. The van der Waals surface area contributed by atoms with Gasteiger partial charge in [0.15, 0.2) is 0 Å². The summed E-state index contributed by atoms with van der Waals surface area (Å²) in [5.74, 6) is 1.11. The first-order valence-electron chi connectivity index (χ1n) is 4.84. The summed E-state index contributed by atoms with van der Waals surface area (Å²) in [6.45, 7) is 4.37. The van der Waals surface area contributed by atoms with Crippen LogP contribution in [0.2, 0.25) is 0 Å². The third kappa shape index (κ3) is 0.826. The van der Waals surface area contributed by atoms with Gasteiger partial charge in [-0.25, -0.2) is 0 Å². The Hall–Kier alpha value is -0.0800. The van der Waals surface area contributed by atoms with Crippen molar-refractivity contribution in [2.24, 2.45) is 17.3 Å². The molecule has 2 N–H and O–H groups in total. The topological polar surface area (TPSA) is 40.5 Å². The number of aliphatic hydroxyl groups is 2. The van der Waals surface area contributed by atoms with Crippen LogP contribution in [0.15, 0.2) is 0 Å². The molecule has 0 radical (unpaired) electrons. The largest absolute Gasteiger partial charge is 0.393 e. The maximum atomic E-state index is 10.1. The third-order valence-electron chi connectivity index (χ3n) is 4.32. The van der Waals surface area contributed by atoms with E-state index in [1.54, 1.807) is 0 Å². The minimum absolute atomic E-state index is 0.0617. The lowest BCUT2D eigenvalue weighted by Crippen LogP contribution is -2.62. The molecule has 0 unspecified atom stereocenters. The molecule has 0 saturated heterocycles. The molecule has 0 heterocycles. The normalized spacial score (nSPS) is 50.0. The molecule has 0 aromatic heterocycles. The standard InChI is InChI=1S/C10H18O2/c1-9(2)7-3-4-10(12,6-11)8(9)5-7/h7-8,11-12H,3-6H2,1-2H3/t7-,8+,10+/m0/s1. The van der Waals surface area contributed by atoms with Crippen LogP contribution >= 0.6 is 0 Å². The zero-order valence-corrected chi connectivity index (χ0v) is 7.88. The monoisotopic (exact) mass is 170 g/mol. The lowest BCUT2D eigenvalue weighted by atomic mass is 9.44. The molecule has 0 aliphatic heterocycles. The Kier molecular flexibility index (Phi) is 1.59. The van der Waals surface area contributed by atoms with Gasteiger partial charge in [0.25, 0.3) is 0 Å². The molecule has 70 valence electrons. The van der Waals surface area contributed by atoms with E-state index in [1.807, 2.05) is 0 Å². The van der Waals surface area contributed by atoms with Gasteiger partial charge < -0.3 is 10.2 Å². The SMILES string of the molecule is CC1(C)[C@H]2CC[C@@](O)(CO)[C@@H]1C2. The smallest absolute Gasteiger partial charge is 0.0910 e. The van der Waals surface area contributed by atoms with Crippen LogP contribution in [0.3, 0.4) is 0 Å². The minimum atomic E-state index is -0.766. The van der Waals surface area contributed by atoms with Gasteiger partial charge in [-0.15, -0.1) is 0 Å². The van der Waals surface area contributed by atoms with Crippen LogP contribution in [0, 0.1) is 17.3 Å². The van der Waals surface area contributed by atoms with Crippen molar-refractivity contribution in [2.45, 2.75) is 38.7 Å². The Balaban J connectivity index is 2.21. The fourth-order valence-corrected chi connectivity index (χ4v) is 3.21. The summed E-state index contributed by atoms with van der Waals surface area (Å²) in [4.78, 5) is 0. The molecule has 0 aromatic rings. The van der Waals surface area contributed by atoms with Gasteiger partial charge in [0, 0.05) is 0 Å². The number of rotatable bonds is 1. The molecule has 3 rings (SSSR count). The molecule has 2 bridgehead atoms. The van der Waals surface area contributed by atoms with E-state index in [0.29, 0.717) is 5.92 Å². The summed E-state index contributed by atoms with van der Waals surface area (Å²) in [6, 6.07) is 0. The Bertz CT molecular complexity index is 198. The van der Waals surface area contributed by atoms with E-state index in [2.05, 4.69) is 13.8 Å². The van der Waals surface area contributed by atoms with Gasteiger partial charge in [-0.2, -0.15) is 0 Å². The average Bonchev–Trinajstić information content (AvgIpc) is 2.04. The number of hydrogen-bond donors (Lipinski definition) is 2. The van der Waals surface area contributed by atoms with Crippen molar-refractivity contribution in [2.75, 3.05) is 6.61 Å². The Morgan fingerprint density at radius 3 is 2.42 bits per heavy atom. The number of aliphatic hydroxyl groups excluding tert-OH is 1. The van der Waals surface area contributed by atoms with Crippen LogP contribution in [0.4, 0.5) is 0 Å². The van der Waals surface area contributed by atoms with E-state index in [1.165, 1.54) is 0 Å². The summed E-state index contributed by atoms with van der Waals surface area (Å²) in [7, 11) is 0. The summed E-state index contributed by atoms with van der Waals surface area (Å²) in [5.41, 5.74) is -0.506. The molecule has 0 aromatic carbocycles. The predicted octanol–water partition coefficient (Wildman–Crippen LogP) is 1.17. The lowest BCUT2D eigenvalue weighted by molar-refractivity contribution is -0.215. The van der Waals surface area contributed by atoms with Crippen molar-refractivity contribution in [3.8, 4) is 0 Å². The van der Waals surface area contributed by atoms with Gasteiger partial charge in [0.05, 0.1) is 12.2 Å². The highest BCUT2D eigenvalue weighted by Crippen LogP contribution is 2.62. The van der Waals surface area contributed by atoms with E-state index in [4.69, 9.17) is 5.11 Å². The van der Waals surface area contributed by atoms with Crippen LogP contribution in [-0.4, -0.2) is 22.4 Å².